The molecule has 4 aliphatic carbocycles. The molecule has 0 aromatic heterocycles. The smallest absolute Gasteiger partial charge is 0.311 e. The number of rotatable bonds is 21. The van der Waals surface area contributed by atoms with E-state index in [-0.39, 0.29) is 18.7 Å². The number of carbonyl (C=O) groups is 2. The van der Waals surface area contributed by atoms with Gasteiger partial charge >= 0.3 is 11.9 Å². The van der Waals surface area contributed by atoms with E-state index >= 15 is 0 Å². The molecule has 3 saturated carbocycles. The number of allylic oxidation sites excluding steroid dienone is 1. The van der Waals surface area contributed by atoms with Crippen LogP contribution in [0.2, 0.25) is 0 Å². The maximum absolute atomic E-state index is 12.5. The van der Waals surface area contributed by atoms with Gasteiger partial charge in [0.2, 0.25) is 0 Å². The van der Waals surface area contributed by atoms with Crippen LogP contribution in [0.15, 0.2) is 23.8 Å². The van der Waals surface area contributed by atoms with Crippen molar-refractivity contribution in [3.05, 3.63) is 30.7 Å². The van der Waals surface area contributed by atoms with Crippen LogP contribution in [0.3, 0.4) is 0 Å². The lowest BCUT2D eigenvalue weighted by atomic mass is 9.47. The van der Waals surface area contributed by atoms with Crippen molar-refractivity contribution in [2.24, 2.45) is 46.3 Å². The zero-order valence-corrected chi connectivity index (χ0v) is 33.8. The minimum atomic E-state index is -0.788. The Morgan fingerprint density at radius 3 is 2.49 bits per heavy atom. The van der Waals surface area contributed by atoms with Crippen LogP contribution in [0.1, 0.15) is 150 Å². The van der Waals surface area contributed by atoms with Gasteiger partial charge in [0.1, 0.15) is 12.7 Å². The van der Waals surface area contributed by atoms with Gasteiger partial charge in [-0.2, -0.15) is 0 Å². The van der Waals surface area contributed by atoms with Gasteiger partial charge in [-0.3, -0.25) is 9.59 Å². The molecule has 6 nitrogen and oxygen atoms in total. The maximum atomic E-state index is 12.5. The van der Waals surface area contributed by atoms with E-state index in [1.54, 1.807) is 11.6 Å². The van der Waals surface area contributed by atoms with Crippen molar-refractivity contribution in [3.8, 4) is 0 Å². The summed E-state index contributed by atoms with van der Waals surface area (Å²) in [6.45, 7) is 19.5. The molecule has 0 heterocycles. The molecular weight excluding hydrogens is 634 g/mol. The van der Waals surface area contributed by atoms with Crippen molar-refractivity contribution in [1.82, 2.24) is 4.90 Å². The van der Waals surface area contributed by atoms with E-state index < -0.39 is 5.97 Å². The maximum Gasteiger partial charge on any atom is 0.311 e. The number of unbranched alkanes of at least 4 members (excludes halogenated alkanes) is 2. The van der Waals surface area contributed by atoms with Crippen LogP contribution in [0.4, 0.5) is 0 Å². The topological polar surface area (TPSA) is 65.1 Å². The normalized spacial score (nSPS) is 31.6. The number of nitrogens with zero attached hydrogens (tertiary/aromatic N) is 1. The molecule has 0 bridgehead atoms. The minimum absolute atomic E-state index is 0.132. The molecule has 0 aromatic rings. The summed E-state index contributed by atoms with van der Waals surface area (Å²) in [5.74, 6) is 4.33. The SMILES string of the molecule is [CH]C(=O)OC/C=C/CC(CCCCCO[C@H]1CC[C@@]2(C)C(=CCC3C2CC[C@@]2(C)C3CC[C@@H]2[C@H](C)CCCC(C)C)C1)OC(=O)CCCN(C)C. The summed E-state index contributed by atoms with van der Waals surface area (Å²) in [6, 6.07) is 0. The predicted molar refractivity (Wildman–Crippen MR) is 208 cm³/mol. The fraction of sp³-hybridized carbons (Fsp3) is 0.844. The molecule has 3 fully saturated rings. The Kier molecular flexibility index (Phi) is 16.6. The molecule has 0 spiro atoms. The highest BCUT2D eigenvalue weighted by Crippen LogP contribution is 2.67. The monoisotopic (exact) mass is 710 g/mol. The Hall–Kier alpha value is -1.66. The average molecular weight is 710 g/mol. The average Bonchev–Trinajstić information content (AvgIpc) is 3.42. The zero-order chi connectivity index (χ0) is 37.0. The van der Waals surface area contributed by atoms with Crippen LogP contribution >= 0.6 is 0 Å². The highest BCUT2D eigenvalue weighted by molar-refractivity contribution is 5.73. The van der Waals surface area contributed by atoms with E-state index in [2.05, 4.69) is 45.6 Å². The lowest BCUT2D eigenvalue weighted by Gasteiger charge is -2.58. The van der Waals surface area contributed by atoms with Crippen molar-refractivity contribution >= 4 is 11.9 Å². The Morgan fingerprint density at radius 1 is 0.941 bits per heavy atom. The number of carbonyl (C=O) groups excluding carboxylic acids is 2. The lowest BCUT2D eigenvalue weighted by Crippen LogP contribution is -2.51. The van der Waals surface area contributed by atoms with E-state index in [0.29, 0.717) is 29.8 Å². The molecule has 4 rings (SSSR count). The number of esters is 2. The zero-order valence-electron chi connectivity index (χ0n) is 33.8. The molecule has 9 atom stereocenters. The summed E-state index contributed by atoms with van der Waals surface area (Å²) in [6.07, 6.45) is 27.1. The van der Waals surface area contributed by atoms with Crippen molar-refractivity contribution in [3.63, 3.8) is 0 Å². The third-order valence-corrected chi connectivity index (χ3v) is 14.0. The highest BCUT2D eigenvalue weighted by atomic mass is 16.5. The van der Waals surface area contributed by atoms with Crippen LogP contribution < -0.4 is 0 Å². The first-order valence-corrected chi connectivity index (χ1v) is 21.1. The molecule has 4 aliphatic rings. The Balaban J connectivity index is 1.20. The van der Waals surface area contributed by atoms with E-state index in [4.69, 9.17) is 21.1 Å². The molecule has 51 heavy (non-hydrogen) atoms. The molecule has 0 saturated heterocycles. The summed E-state index contributed by atoms with van der Waals surface area (Å²) in [5, 5.41) is 0. The standard InChI is InChI=1S/C45H75NO5/c1-33(2)16-14-17-34(3)40-23-24-41-39-22-21-36-32-38(25-27-44(36,5)42(39)26-28-45(40,41)6)50-31-12-9-10-18-37(19-11-13-30-49-35(4)47)51-43(48)20-15-29-46(7)8/h4,11,13,21,33-34,37-42H,9-10,12,14-20,22-32H2,1-3,5-8H3/b13-11+/t34-,37?,38+,39?,40-,41?,42?,44+,45-/m1/s1. The summed E-state index contributed by atoms with van der Waals surface area (Å²) in [4.78, 5) is 25.4. The van der Waals surface area contributed by atoms with Gasteiger partial charge in [-0.15, -0.1) is 0 Å². The van der Waals surface area contributed by atoms with Gasteiger partial charge < -0.3 is 19.1 Å². The second kappa shape index (κ2) is 20.1. The second-order valence-corrected chi connectivity index (χ2v) is 18.2. The number of ether oxygens (including phenoxy) is 3. The molecule has 4 unspecified atom stereocenters. The van der Waals surface area contributed by atoms with Gasteiger partial charge in [0.05, 0.1) is 13.0 Å². The molecule has 2 radical (unpaired) electrons. The molecule has 0 aliphatic heterocycles. The van der Waals surface area contributed by atoms with Crippen molar-refractivity contribution in [1.29, 1.82) is 0 Å². The number of hydrogen-bond acceptors (Lipinski definition) is 6. The number of hydrogen-bond donors (Lipinski definition) is 0. The summed E-state index contributed by atoms with van der Waals surface area (Å²) in [7, 11) is 4.02. The van der Waals surface area contributed by atoms with Crippen LogP contribution in [-0.4, -0.2) is 62.9 Å². The van der Waals surface area contributed by atoms with Gasteiger partial charge in [-0.1, -0.05) is 84.1 Å². The van der Waals surface area contributed by atoms with Crippen LogP contribution in [0, 0.1) is 53.3 Å². The largest absolute Gasteiger partial charge is 0.462 e. The van der Waals surface area contributed by atoms with Crippen LogP contribution in [0.5, 0.6) is 0 Å². The Bertz CT molecular complexity index is 1150. The molecular formula is C45H75NO5. The van der Waals surface area contributed by atoms with Gasteiger partial charge in [-0.25, -0.2) is 0 Å². The fourth-order valence-electron chi connectivity index (χ4n) is 11.2. The molecule has 290 valence electrons. The Labute approximate surface area is 313 Å². The van der Waals surface area contributed by atoms with Crippen molar-refractivity contribution in [2.45, 2.75) is 162 Å². The summed E-state index contributed by atoms with van der Waals surface area (Å²) < 4.78 is 17.2. The van der Waals surface area contributed by atoms with Crippen molar-refractivity contribution < 1.29 is 23.8 Å². The summed E-state index contributed by atoms with van der Waals surface area (Å²) in [5.41, 5.74) is 2.63. The fourth-order valence-corrected chi connectivity index (χ4v) is 11.2. The molecule has 0 amide bonds. The molecule has 6 heteroatoms. The predicted octanol–water partition coefficient (Wildman–Crippen LogP) is 10.4. The van der Waals surface area contributed by atoms with Gasteiger partial charge in [-0.05, 0) is 144 Å². The van der Waals surface area contributed by atoms with Gasteiger partial charge in [0, 0.05) is 19.4 Å². The Morgan fingerprint density at radius 2 is 1.75 bits per heavy atom. The third-order valence-electron chi connectivity index (χ3n) is 14.0. The van der Waals surface area contributed by atoms with E-state index in [0.717, 1.165) is 87.2 Å². The van der Waals surface area contributed by atoms with Gasteiger partial charge in [0.15, 0.2) is 0 Å². The quantitative estimate of drug-likeness (QED) is 0.0672. The minimum Gasteiger partial charge on any atom is -0.462 e. The third kappa shape index (κ3) is 11.9. The first-order valence-electron chi connectivity index (χ1n) is 21.1. The highest BCUT2D eigenvalue weighted by Gasteiger charge is 2.59. The first-order chi connectivity index (χ1) is 24.3. The van der Waals surface area contributed by atoms with E-state index in [1.165, 1.54) is 64.2 Å². The van der Waals surface area contributed by atoms with Gasteiger partial charge in [0.25, 0.3) is 0 Å². The molecule has 0 N–H and O–H groups in total. The first kappa shape index (κ1) is 42.1. The molecule has 0 aromatic carbocycles. The van der Waals surface area contributed by atoms with Crippen molar-refractivity contribution in [2.75, 3.05) is 33.9 Å². The summed E-state index contributed by atoms with van der Waals surface area (Å²) >= 11 is 0. The van der Waals surface area contributed by atoms with E-state index in [1.807, 2.05) is 20.2 Å². The second-order valence-electron chi connectivity index (χ2n) is 18.2. The van der Waals surface area contributed by atoms with E-state index in [9.17, 15) is 9.59 Å². The number of fused-ring (bicyclic) bond motifs is 5. The van der Waals surface area contributed by atoms with Crippen LogP contribution in [0.25, 0.3) is 0 Å². The lowest BCUT2D eigenvalue weighted by molar-refractivity contribution is -0.149. The van der Waals surface area contributed by atoms with Crippen LogP contribution in [-0.2, 0) is 23.8 Å².